The van der Waals surface area contributed by atoms with E-state index in [2.05, 4.69) is 4.98 Å². The molecule has 1 aromatic carbocycles. The van der Waals surface area contributed by atoms with E-state index in [-0.39, 0.29) is 62.7 Å². The zero-order valence-electron chi connectivity index (χ0n) is 19.6. The Morgan fingerprint density at radius 3 is 2.50 bits per heavy atom. The third kappa shape index (κ3) is 6.14. The fraction of sp³-hybridized carbons (Fsp3) is 0.462. The number of phenolic OH excluding ortho intramolecular Hbond substituents is 1. The Balaban J connectivity index is 0.00000408. The van der Waals surface area contributed by atoms with Crippen LogP contribution >= 0.6 is 0 Å². The number of aliphatic hydroxyl groups is 2. The van der Waals surface area contributed by atoms with Crippen molar-refractivity contribution >= 4 is 17.3 Å². The van der Waals surface area contributed by atoms with Crippen LogP contribution in [0.3, 0.4) is 0 Å². The van der Waals surface area contributed by atoms with Gasteiger partial charge in [-0.1, -0.05) is 6.07 Å². The van der Waals surface area contributed by atoms with Crippen molar-refractivity contribution in [2.24, 2.45) is 17.8 Å². The number of hydrogen-bond donors (Lipinski definition) is 3. The molecule has 0 bridgehead atoms. The molecule has 5 N–H and O–H groups in total. The molecule has 0 radical (unpaired) electrons. The number of ketones is 3. The zero-order valence-corrected chi connectivity index (χ0v) is 19.6. The number of phenols is 1. The number of carbonyl (C=O) groups excluding carboxylic acids is 3. The molecule has 8 heteroatoms. The van der Waals surface area contributed by atoms with Crippen LogP contribution < -0.4 is 0 Å². The average molecular weight is 476 g/mol. The molecule has 3 atom stereocenters. The fourth-order valence-electron chi connectivity index (χ4n) is 4.88. The van der Waals surface area contributed by atoms with Gasteiger partial charge in [0, 0.05) is 33.6 Å². The standard InChI is InChI=1S/C26H31NO6.H2O.2H2/c1-15-3-5-22(27-13-15)19-4-6-23(31)26-20(19)11-17(12-25(26)33)10-18(7-8-28)21(14-29)24(32)9-16(2)30;;;/h3-6,13,17-18,21,28-29,31H,7-12,14H2,1-2H3;1H2;2*1H. The Bertz CT molecular complexity index is 1040. The summed E-state index contributed by atoms with van der Waals surface area (Å²) >= 11 is 0. The third-order valence-corrected chi connectivity index (χ3v) is 6.46. The van der Waals surface area contributed by atoms with Gasteiger partial charge in [0.25, 0.3) is 0 Å². The van der Waals surface area contributed by atoms with Crippen molar-refractivity contribution in [3.05, 3.63) is 47.2 Å². The maximum absolute atomic E-state index is 13.0. The van der Waals surface area contributed by atoms with Gasteiger partial charge >= 0.3 is 0 Å². The summed E-state index contributed by atoms with van der Waals surface area (Å²) in [6.07, 6.45) is 2.93. The molecule has 1 aliphatic carbocycles. The van der Waals surface area contributed by atoms with E-state index in [1.54, 1.807) is 12.3 Å². The summed E-state index contributed by atoms with van der Waals surface area (Å²) in [5, 5.41) is 29.8. The van der Waals surface area contributed by atoms with Crippen LogP contribution in [0.25, 0.3) is 11.3 Å². The smallest absolute Gasteiger partial charge is 0.167 e. The van der Waals surface area contributed by atoms with Crippen LogP contribution in [0.5, 0.6) is 5.75 Å². The summed E-state index contributed by atoms with van der Waals surface area (Å²) in [6, 6.07) is 7.10. The second-order valence-corrected chi connectivity index (χ2v) is 9.05. The number of rotatable bonds is 10. The minimum absolute atomic E-state index is 0. The van der Waals surface area contributed by atoms with Crippen molar-refractivity contribution < 1.29 is 38.0 Å². The molecule has 0 aliphatic heterocycles. The Labute approximate surface area is 201 Å². The Morgan fingerprint density at radius 2 is 1.91 bits per heavy atom. The lowest BCUT2D eigenvalue weighted by Crippen LogP contribution is -2.32. The van der Waals surface area contributed by atoms with Gasteiger partial charge in [-0.25, -0.2) is 0 Å². The summed E-state index contributed by atoms with van der Waals surface area (Å²) in [7, 11) is 0. The van der Waals surface area contributed by atoms with Crippen LogP contribution in [-0.2, 0) is 16.0 Å². The predicted octanol–water partition coefficient (Wildman–Crippen LogP) is 2.72. The van der Waals surface area contributed by atoms with Crippen LogP contribution in [-0.4, -0.2) is 56.3 Å². The number of aromatic hydroxyl groups is 1. The number of aryl methyl sites for hydroxylation is 1. The lowest BCUT2D eigenvalue weighted by atomic mass is 9.72. The van der Waals surface area contributed by atoms with E-state index in [1.807, 2.05) is 19.1 Å². The molecule has 2 aromatic rings. The van der Waals surface area contributed by atoms with Crippen LogP contribution in [0.4, 0.5) is 0 Å². The topological polar surface area (TPSA) is 156 Å². The number of aliphatic hydroxyl groups excluding tert-OH is 2. The van der Waals surface area contributed by atoms with Gasteiger partial charge in [0.1, 0.15) is 17.3 Å². The first-order valence-electron chi connectivity index (χ1n) is 11.3. The van der Waals surface area contributed by atoms with Crippen molar-refractivity contribution in [1.82, 2.24) is 4.98 Å². The van der Waals surface area contributed by atoms with E-state index in [0.717, 1.165) is 16.7 Å². The van der Waals surface area contributed by atoms with Crippen molar-refractivity contribution in [1.29, 1.82) is 0 Å². The van der Waals surface area contributed by atoms with E-state index in [4.69, 9.17) is 0 Å². The number of nitrogens with zero attached hydrogens (tertiary/aromatic N) is 1. The van der Waals surface area contributed by atoms with E-state index in [1.165, 1.54) is 13.0 Å². The second kappa shape index (κ2) is 12.0. The van der Waals surface area contributed by atoms with Crippen LogP contribution in [0, 0.1) is 24.7 Å². The Morgan fingerprint density at radius 1 is 1.18 bits per heavy atom. The minimum Gasteiger partial charge on any atom is -0.507 e. The molecule has 0 saturated heterocycles. The number of aromatic nitrogens is 1. The number of pyridine rings is 1. The maximum Gasteiger partial charge on any atom is 0.167 e. The number of carbonyl (C=O) groups is 3. The van der Waals surface area contributed by atoms with Gasteiger partial charge in [-0.05, 0) is 74.3 Å². The summed E-state index contributed by atoms with van der Waals surface area (Å²) in [5.41, 5.74) is 3.55. The molecule has 8 nitrogen and oxygen atoms in total. The van der Waals surface area contributed by atoms with E-state index >= 15 is 0 Å². The fourth-order valence-corrected chi connectivity index (χ4v) is 4.88. The van der Waals surface area contributed by atoms with E-state index in [9.17, 15) is 29.7 Å². The molecule has 1 aliphatic rings. The summed E-state index contributed by atoms with van der Waals surface area (Å²) < 4.78 is 0. The molecule has 1 heterocycles. The van der Waals surface area contributed by atoms with Gasteiger partial charge in [-0.15, -0.1) is 0 Å². The normalized spacial score (nSPS) is 16.8. The number of hydrogen-bond acceptors (Lipinski definition) is 7. The van der Waals surface area contributed by atoms with Gasteiger partial charge in [0.05, 0.1) is 24.3 Å². The predicted molar refractivity (Wildman–Crippen MR) is 131 cm³/mol. The molecule has 3 unspecified atom stereocenters. The molecule has 1 aromatic heterocycles. The highest BCUT2D eigenvalue weighted by Crippen LogP contribution is 2.40. The SMILES string of the molecule is CC(=O)CC(=O)C(CO)C(CCO)CC1CC(=O)c2c(O)ccc(-c3ccc(C)cn3)c2C1.O.[HH].[HH]. The Hall–Kier alpha value is -2.94. The quantitative estimate of drug-likeness (QED) is 0.446. The van der Waals surface area contributed by atoms with Crippen molar-refractivity contribution in [3.8, 4) is 17.0 Å². The largest absolute Gasteiger partial charge is 0.507 e. The van der Waals surface area contributed by atoms with Crippen LogP contribution in [0.1, 0.15) is 56.9 Å². The molecule has 34 heavy (non-hydrogen) atoms. The Kier molecular flexibility index (Phi) is 9.61. The monoisotopic (exact) mass is 475 g/mol. The molecule has 0 fully saturated rings. The molecule has 0 saturated carbocycles. The first kappa shape index (κ1) is 27.3. The molecular formula is C26H37NO7. The number of benzene rings is 1. The van der Waals surface area contributed by atoms with Gasteiger partial charge < -0.3 is 20.8 Å². The summed E-state index contributed by atoms with van der Waals surface area (Å²) in [6.45, 7) is 2.70. The third-order valence-electron chi connectivity index (χ3n) is 6.46. The first-order valence-corrected chi connectivity index (χ1v) is 11.3. The zero-order chi connectivity index (χ0) is 24.1. The van der Waals surface area contributed by atoms with Crippen molar-refractivity contribution in [2.75, 3.05) is 13.2 Å². The number of fused-ring (bicyclic) bond motifs is 1. The second-order valence-electron chi connectivity index (χ2n) is 9.05. The van der Waals surface area contributed by atoms with E-state index in [0.29, 0.717) is 30.5 Å². The van der Waals surface area contributed by atoms with Gasteiger partial charge in [0.15, 0.2) is 5.78 Å². The minimum atomic E-state index is -0.764. The highest BCUT2D eigenvalue weighted by molar-refractivity contribution is 6.03. The van der Waals surface area contributed by atoms with Gasteiger partial charge in [0.2, 0.25) is 0 Å². The van der Waals surface area contributed by atoms with Crippen molar-refractivity contribution in [3.63, 3.8) is 0 Å². The average Bonchev–Trinajstić information content (AvgIpc) is 2.74. The highest BCUT2D eigenvalue weighted by atomic mass is 16.3. The molecule has 188 valence electrons. The van der Waals surface area contributed by atoms with Crippen LogP contribution in [0.15, 0.2) is 30.5 Å². The molecule has 3 rings (SSSR count). The number of Topliss-reactive ketones (excluding diaryl/α,β-unsaturated/α-hetero) is 3. The van der Waals surface area contributed by atoms with Gasteiger partial charge in [-0.3, -0.25) is 19.4 Å². The lowest BCUT2D eigenvalue weighted by molar-refractivity contribution is -0.131. The molecule has 0 amide bonds. The molecule has 0 spiro atoms. The van der Waals surface area contributed by atoms with E-state index < -0.39 is 12.5 Å². The molecular weight excluding hydrogens is 438 g/mol. The lowest BCUT2D eigenvalue weighted by Gasteiger charge is -2.31. The highest BCUT2D eigenvalue weighted by Gasteiger charge is 2.35. The maximum atomic E-state index is 13.0. The summed E-state index contributed by atoms with van der Waals surface area (Å²) in [4.78, 5) is 41.5. The van der Waals surface area contributed by atoms with Crippen molar-refractivity contribution in [2.45, 2.75) is 46.0 Å². The van der Waals surface area contributed by atoms with Crippen LogP contribution in [0.2, 0.25) is 0 Å². The van der Waals surface area contributed by atoms with Gasteiger partial charge in [-0.2, -0.15) is 0 Å². The first-order chi connectivity index (χ1) is 15.7. The summed E-state index contributed by atoms with van der Waals surface area (Å²) in [5.74, 6) is -2.09.